The minimum Gasteiger partial charge on any atom is -0.361 e. The fourth-order valence-corrected chi connectivity index (χ4v) is 4.27. The van der Waals surface area contributed by atoms with E-state index in [9.17, 15) is 9.18 Å². The quantitative estimate of drug-likeness (QED) is 0.849. The molecule has 1 aromatic carbocycles. The van der Waals surface area contributed by atoms with Crippen LogP contribution in [0.3, 0.4) is 0 Å². The van der Waals surface area contributed by atoms with E-state index in [1.807, 2.05) is 30.9 Å². The van der Waals surface area contributed by atoms with Crippen LogP contribution in [0.15, 0.2) is 28.8 Å². The fourth-order valence-electron chi connectivity index (χ4n) is 3.02. The molecule has 1 aliphatic heterocycles. The maximum absolute atomic E-state index is 14.0. The van der Waals surface area contributed by atoms with Crippen LogP contribution in [0.25, 0.3) is 0 Å². The molecular weight excluding hydrogens is 327 g/mol. The zero-order valence-corrected chi connectivity index (χ0v) is 14.7. The molecule has 3 rings (SSSR count). The topological polar surface area (TPSA) is 46.3 Å². The number of halogens is 1. The number of amides is 1. The summed E-state index contributed by atoms with van der Waals surface area (Å²) in [6.45, 7) is 5.02. The van der Waals surface area contributed by atoms with Crippen molar-refractivity contribution in [1.82, 2.24) is 10.1 Å². The first-order valence-electron chi connectivity index (χ1n) is 8.12. The number of nitrogens with zero attached hydrogens (tertiary/aromatic N) is 2. The van der Waals surface area contributed by atoms with Gasteiger partial charge in [-0.15, -0.1) is 0 Å². The van der Waals surface area contributed by atoms with E-state index in [2.05, 4.69) is 5.16 Å². The normalized spacial score (nSPS) is 18.5. The highest BCUT2D eigenvalue weighted by Crippen LogP contribution is 2.35. The molecule has 24 heavy (non-hydrogen) atoms. The third-order valence-corrected chi connectivity index (χ3v) is 5.77. The third kappa shape index (κ3) is 3.64. The first-order chi connectivity index (χ1) is 11.6. The van der Waals surface area contributed by atoms with Gasteiger partial charge in [-0.1, -0.05) is 23.4 Å². The Balaban J connectivity index is 1.65. The molecule has 1 saturated heterocycles. The molecule has 1 unspecified atom stereocenters. The van der Waals surface area contributed by atoms with Crippen molar-refractivity contribution in [1.29, 1.82) is 0 Å². The van der Waals surface area contributed by atoms with Gasteiger partial charge < -0.3 is 9.42 Å². The molecule has 0 radical (unpaired) electrons. The van der Waals surface area contributed by atoms with Gasteiger partial charge in [0.1, 0.15) is 11.6 Å². The van der Waals surface area contributed by atoms with Crippen molar-refractivity contribution in [2.75, 3.05) is 18.8 Å². The van der Waals surface area contributed by atoms with Gasteiger partial charge in [0.25, 0.3) is 0 Å². The number of carbonyl (C=O) groups is 1. The van der Waals surface area contributed by atoms with E-state index in [4.69, 9.17) is 4.52 Å². The van der Waals surface area contributed by atoms with Crippen LogP contribution in [0.4, 0.5) is 4.39 Å². The van der Waals surface area contributed by atoms with Gasteiger partial charge in [0.05, 0.1) is 12.1 Å². The Morgan fingerprint density at radius 1 is 1.38 bits per heavy atom. The number of aromatic nitrogens is 1. The van der Waals surface area contributed by atoms with Crippen molar-refractivity contribution in [3.05, 3.63) is 52.7 Å². The van der Waals surface area contributed by atoms with Crippen molar-refractivity contribution in [3.8, 4) is 0 Å². The number of thioether (sulfide) groups is 1. The Bertz CT molecular complexity index is 712. The lowest BCUT2D eigenvalue weighted by Gasteiger charge is -2.20. The van der Waals surface area contributed by atoms with Gasteiger partial charge in [0.15, 0.2) is 0 Å². The van der Waals surface area contributed by atoms with E-state index in [0.29, 0.717) is 25.3 Å². The Labute approximate surface area is 145 Å². The van der Waals surface area contributed by atoms with E-state index in [0.717, 1.165) is 29.0 Å². The largest absolute Gasteiger partial charge is 0.361 e. The average Bonchev–Trinajstić information content (AvgIpc) is 2.79. The fraction of sp³-hybridized carbons (Fsp3) is 0.444. The predicted molar refractivity (Wildman–Crippen MR) is 92.5 cm³/mol. The molecule has 1 atom stereocenters. The minimum atomic E-state index is -0.162. The van der Waals surface area contributed by atoms with Gasteiger partial charge >= 0.3 is 0 Å². The van der Waals surface area contributed by atoms with Gasteiger partial charge in [-0.05, 0) is 26.3 Å². The van der Waals surface area contributed by atoms with Crippen molar-refractivity contribution in [2.24, 2.45) is 0 Å². The first kappa shape index (κ1) is 17.0. The van der Waals surface area contributed by atoms with Crippen molar-refractivity contribution >= 4 is 17.7 Å². The van der Waals surface area contributed by atoms with Crippen LogP contribution in [-0.2, 0) is 11.2 Å². The second-order valence-corrected chi connectivity index (χ2v) is 7.34. The van der Waals surface area contributed by atoms with Crippen molar-refractivity contribution in [2.45, 2.75) is 31.9 Å². The van der Waals surface area contributed by atoms with Crippen LogP contribution in [0.1, 0.15) is 34.3 Å². The average molecular weight is 348 g/mol. The predicted octanol–water partition coefficient (Wildman–Crippen LogP) is 3.68. The van der Waals surface area contributed by atoms with E-state index < -0.39 is 0 Å². The summed E-state index contributed by atoms with van der Waals surface area (Å²) in [4.78, 5) is 14.5. The maximum atomic E-state index is 14.0. The van der Waals surface area contributed by atoms with Crippen LogP contribution in [-0.4, -0.2) is 34.8 Å². The van der Waals surface area contributed by atoms with Crippen molar-refractivity contribution < 1.29 is 13.7 Å². The molecule has 0 spiro atoms. The molecule has 0 bridgehead atoms. The molecule has 2 aromatic rings. The number of carbonyl (C=O) groups excluding carboxylic acids is 1. The molecule has 0 aliphatic carbocycles. The Morgan fingerprint density at radius 2 is 2.17 bits per heavy atom. The summed E-state index contributed by atoms with van der Waals surface area (Å²) in [6, 6.07) is 6.92. The van der Waals surface area contributed by atoms with Crippen LogP contribution in [0.2, 0.25) is 0 Å². The highest BCUT2D eigenvalue weighted by atomic mass is 32.2. The summed E-state index contributed by atoms with van der Waals surface area (Å²) in [5, 5.41) is 4.00. The summed E-state index contributed by atoms with van der Waals surface area (Å²) in [7, 11) is 0. The second-order valence-electron chi connectivity index (χ2n) is 6.03. The highest BCUT2D eigenvalue weighted by Gasteiger charge is 2.25. The summed E-state index contributed by atoms with van der Waals surface area (Å²) < 4.78 is 19.1. The molecule has 4 nitrogen and oxygen atoms in total. The summed E-state index contributed by atoms with van der Waals surface area (Å²) in [5.41, 5.74) is 2.39. The molecule has 1 fully saturated rings. The Kier molecular flexibility index (Phi) is 5.23. The molecular formula is C18H21FN2O2S. The number of aryl methyl sites for hydroxylation is 2. The lowest BCUT2D eigenvalue weighted by Crippen LogP contribution is -2.34. The van der Waals surface area contributed by atoms with Gasteiger partial charge in [-0.3, -0.25) is 4.79 Å². The monoisotopic (exact) mass is 348 g/mol. The molecule has 6 heteroatoms. The van der Waals surface area contributed by atoms with E-state index in [1.165, 1.54) is 6.07 Å². The van der Waals surface area contributed by atoms with Gasteiger partial charge in [-0.25, -0.2) is 4.39 Å². The van der Waals surface area contributed by atoms with Gasteiger partial charge in [-0.2, -0.15) is 11.8 Å². The van der Waals surface area contributed by atoms with Gasteiger partial charge in [0, 0.05) is 35.2 Å². The molecule has 1 aliphatic rings. The Hall–Kier alpha value is -1.82. The molecule has 2 heterocycles. The lowest BCUT2D eigenvalue weighted by molar-refractivity contribution is -0.130. The molecule has 1 amide bonds. The number of benzene rings is 1. The highest BCUT2D eigenvalue weighted by molar-refractivity contribution is 7.99. The zero-order chi connectivity index (χ0) is 17.1. The molecule has 0 N–H and O–H groups in total. The number of rotatable bonds is 3. The van der Waals surface area contributed by atoms with Crippen LogP contribution >= 0.6 is 11.8 Å². The summed E-state index contributed by atoms with van der Waals surface area (Å²) in [5.74, 6) is 1.44. The smallest absolute Gasteiger partial charge is 0.227 e. The van der Waals surface area contributed by atoms with E-state index in [-0.39, 0.29) is 17.0 Å². The van der Waals surface area contributed by atoms with Gasteiger partial charge in [0.2, 0.25) is 5.91 Å². The SMILES string of the molecule is Cc1noc(C)c1CC(=O)N1CCSC(c2ccccc2F)CC1. The molecule has 128 valence electrons. The first-order valence-corrected chi connectivity index (χ1v) is 9.16. The van der Waals surface area contributed by atoms with Crippen LogP contribution in [0.5, 0.6) is 0 Å². The molecule has 0 saturated carbocycles. The summed E-state index contributed by atoms with van der Waals surface area (Å²) >= 11 is 1.72. The lowest BCUT2D eigenvalue weighted by atomic mass is 10.1. The van der Waals surface area contributed by atoms with Crippen LogP contribution in [0, 0.1) is 19.7 Å². The zero-order valence-electron chi connectivity index (χ0n) is 13.9. The third-order valence-electron chi connectivity index (χ3n) is 4.46. The minimum absolute atomic E-state index is 0.0826. The van der Waals surface area contributed by atoms with Crippen molar-refractivity contribution in [3.63, 3.8) is 0 Å². The maximum Gasteiger partial charge on any atom is 0.227 e. The van der Waals surface area contributed by atoms with Crippen LogP contribution < -0.4 is 0 Å². The Morgan fingerprint density at radius 3 is 2.88 bits per heavy atom. The second kappa shape index (κ2) is 7.38. The summed E-state index contributed by atoms with van der Waals surface area (Å²) in [6.07, 6.45) is 1.08. The standard InChI is InChI=1S/C18H21FN2O2S/c1-12-15(13(2)23-20-12)11-18(22)21-8-7-17(24-10-9-21)14-5-3-4-6-16(14)19/h3-6,17H,7-11H2,1-2H3. The number of hydrogen-bond acceptors (Lipinski definition) is 4. The molecule has 1 aromatic heterocycles. The van der Waals surface area contributed by atoms with E-state index in [1.54, 1.807) is 17.8 Å². The van der Waals surface area contributed by atoms with E-state index >= 15 is 0 Å². The number of hydrogen-bond donors (Lipinski definition) is 0.